The monoisotopic (exact) mass is 412 g/mol. The van der Waals surface area contributed by atoms with Crippen molar-refractivity contribution in [3.05, 3.63) is 0 Å². The third-order valence-electron chi connectivity index (χ3n) is 5.42. The Kier molecular flexibility index (Phi) is 20.9. The summed E-state index contributed by atoms with van der Waals surface area (Å²) in [5, 5.41) is 0. The van der Waals surface area contributed by atoms with E-state index in [2.05, 4.69) is 13.8 Å². The SMILES string of the molecule is CCCCCOC(=O)CCCCCCCCCCCC(C)C(=O)OCCCCC. The Labute approximate surface area is 180 Å². The van der Waals surface area contributed by atoms with Crippen molar-refractivity contribution in [3.63, 3.8) is 0 Å². The summed E-state index contributed by atoms with van der Waals surface area (Å²) in [4.78, 5) is 23.4. The van der Waals surface area contributed by atoms with Crippen LogP contribution in [0.15, 0.2) is 0 Å². The molecule has 0 aromatic heterocycles. The lowest BCUT2D eigenvalue weighted by molar-refractivity contribution is -0.148. The summed E-state index contributed by atoms with van der Waals surface area (Å²) in [6.07, 6.45) is 18.7. The molecule has 0 radical (unpaired) electrons. The van der Waals surface area contributed by atoms with Gasteiger partial charge in [-0.1, -0.05) is 97.8 Å². The Morgan fingerprint density at radius 2 is 1.10 bits per heavy atom. The molecule has 0 aromatic carbocycles. The fraction of sp³-hybridized carbons (Fsp3) is 0.920. The summed E-state index contributed by atoms with van der Waals surface area (Å²) < 4.78 is 10.5. The number of unbranched alkanes of at least 4 members (excludes halogenated alkanes) is 12. The molecule has 4 heteroatoms. The van der Waals surface area contributed by atoms with Crippen molar-refractivity contribution < 1.29 is 19.1 Å². The van der Waals surface area contributed by atoms with E-state index in [0.717, 1.165) is 64.2 Å². The molecule has 0 heterocycles. The van der Waals surface area contributed by atoms with Crippen LogP contribution >= 0.6 is 0 Å². The van der Waals surface area contributed by atoms with E-state index in [1.165, 1.54) is 38.5 Å². The van der Waals surface area contributed by atoms with E-state index in [-0.39, 0.29) is 17.9 Å². The summed E-state index contributed by atoms with van der Waals surface area (Å²) in [7, 11) is 0. The van der Waals surface area contributed by atoms with Crippen molar-refractivity contribution in [3.8, 4) is 0 Å². The van der Waals surface area contributed by atoms with Crippen molar-refractivity contribution in [2.75, 3.05) is 13.2 Å². The van der Waals surface area contributed by atoms with Crippen LogP contribution in [0.25, 0.3) is 0 Å². The maximum absolute atomic E-state index is 11.9. The first-order chi connectivity index (χ1) is 14.1. The zero-order chi connectivity index (χ0) is 21.6. The highest BCUT2D eigenvalue weighted by Gasteiger charge is 2.13. The summed E-state index contributed by atoms with van der Waals surface area (Å²) >= 11 is 0. The van der Waals surface area contributed by atoms with Gasteiger partial charge in [0.1, 0.15) is 0 Å². The molecule has 0 aliphatic rings. The van der Waals surface area contributed by atoms with Crippen LogP contribution in [0.5, 0.6) is 0 Å². The first-order valence-electron chi connectivity index (χ1n) is 12.4. The van der Waals surface area contributed by atoms with Crippen molar-refractivity contribution in [2.24, 2.45) is 5.92 Å². The minimum Gasteiger partial charge on any atom is -0.466 e. The van der Waals surface area contributed by atoms with Crippen LogP contribution in [0, 0.1) is 5.92 Å². The first-order valence-corrected chi connectivity index (χ1v) is 12.4. The van der Waals surface area contributed by atoms with Crippen LogP contribution in [0.1, 0.15) is 130 Å². The molecular weight excluding hydrogens is 364 g/mol. The number of ether oxygens (including phenoxy) is 2. The Hall–Kier alpha value is -1.06. The molecule has 0 aromatic rings. The van der Waals surface area contributed by atoms with E-state index in [0.29, 0.717) is 19.6 Å². The molecular formula is C25H48O4. The van der Waals surface area contributed by atoms with Crippen LogP contribution < -0.4 is 0 Å². The number of rotatable bonds is 21. The Balaban J connectivity index is 3.32. The largest absolute Gasteiger partial charge is 0.466 e. The van der Waals surface area contributed by atoms with Gasteiger partial charge in [0.2, 0.25) is 0 Å². The van der Waals surface area contributed by atoms with Gasteiger partial charge in [0.15, 0.2) is 0 Å². The number of carbonyl (C=O) groups excluding carboxylic acids is 2. The summed E-state index contributed by atoms with van der Waals surface area (Å²) in [6.45, 7) is 7.46. The Morgan fingerprint density at radius 1 is 0.621 bits per heavy atom. The molecule has 29 heavy (non-hydrogen) atoms. The van der Waals surface area contributed by atoms with Gasteiger partial charge in [-0.05, 0) is 25.7 Å². The van der Waals surface area contributed by atoms with Gasteiger partial charge in [-0.3, -0.25) is 9.59 Å². The Morgan fingerprint density at radius 3 is 1.66 bits per heavy atom. The van der Waals surface area contributed by atoms with Crippen LogP contribution in [-0.2, 0) is 19.1 Å². The van der Waals surface area contributed by atoms with E-state index in [1.54, 1.807) is 0 Å². The fourth-order valence-corrected chi connectivity index (χ4v) is 3.35. The smallest absolute Gasteiger partial charge is 0.308 e. The second-order valence-corrected chi connectivity index (χ2v) is 8.42. The van der Waals surface area contributed by atoms with Crippen molar-refractivity contribution in [2.45, 2.75) is 130 Å². The van der Waals surface area contributed by atoms with Gasteiger partial charge in [-0.15, -0.1) is 0 Å². The molecule has 1 atom stereocenters. The lowest BCUT2D eigenvalue weighted by atomic mass is 10.0. The van der Waals surface area contributed by atoms with Crippen molar-refractivity contribution >= 4 is 11.9 Å². The highest BCUT2D eigenvalue weighted by atomic mass is 16.5. The van der Waals surface area contributed by atoms with Gasteiger partial charge >= 0.3 is 11.9 Å². The minimum atomic E-state index is -0.0276. The number of hydrogen-bond acceptors (Lipinski definition) is 4. The van der Waals surface area contributed by atoms with Crippen LogP contribution in [0.3, 0.4) is 0 Å². The van der Waals surface area contributed by atoms with Crippen LogP contribution in [0.4, 0.5) is 0 Å². The molecule has 0 aliphatic carbocycles. The molecule has 1 unspecified atom stereocenters. The number of esters is 2. The number of hydrogen-bond donors (Lipinski definition) is 0. The summed E-state index contributed by atoms with van der Waals surface area (Å²) in [5.41, 5.74) is 0. The first kappa shape index (κ1) is 27.9. The lowest BCUT2D eigenvalue weighted by Crippen LogP contribution is -2.15. The maximum Gasteiger partial charge on any atom is 0.308 e. The third-order valence-corrected chi connectivity index (χ3v) is 5.42. The molecule has 0 spiro atoms. The van der Waals surface area contributed by atoms with Crippen LogP contribution in [-0.4, -0.2) is 25.2 Å². The summed E-state index contributed by atoms with van der Waals surface area (Å²) in [5.74, 6) is -0.0129. The molecule has 0 saturated heterocycles. The summed E-state index contributed by atoms with van der Waals surface area (Å²) in [6, 6.07) is 0. The third kappa shape index (κ3) is 20.0. The fourth-order valence-electron chi connectivity index (χ4n) is 3.35. The zero-order valence-corrected chi connectivity index (χ0v) is 19.6. The predicted octanol–water partition coefficient (Wildman–Crippen LogP) is 7.38. The van der Waals surface area contributed by atoms with Crippen LogP contribution in [0.2, 0.25) is 0 Å². The van der Waals surface area contributed by atoms with Crippen molar-refractivity contribution in [1.82, 2.24) is 0 Å². The minimum absolute atomic E-state index is 0.0223. The molecule has 0 fully saturated rings. The maximum atomic E-state index is 11.9. The highest BCUT2D eigenvalue weighted by molar-refractivity contribution is 5.71. The Bertz CT molecular complexity index is 381. The van der Waals surface area contributed by atoms with Gasteiger partial charge < -0.3 is 9.47 Å². The standard InChI is InChI=1S/C25H48O4/c1-4-6-17-21-28-24(26)20-16-14-12-10-8-9-11-13-15-19-23(3)25(27)29-22-18-7-5-2/h23H,4-22H2,1-3H3. The van der Waals surface area contributed by atoms with E-state index < -0.39 is 0 Å². The molecule has 0 bridgehead atoms. The van der Waals surface area contributed by atoms with E-state index in [4.69, 9.17) is 9.47 Å². The van der Waals surface area contributed by atoms with Gasteiger partial charge in [0, 0.05) is 6.42 Å². The average molecular weight is 413 g/mol. The van der Waals surface area contributed by atoms with Gasteiger partial charge in [-0.25, -0.2) is 0 Å². The number of carbonyl (C=O) groups is 2. The predicted molar refractivity (Wildman–Crippen MR) is 121 cm³/mol. The molecule has 172 valence electrons. The van der Waals surface area contributed by atoms with Gasteiger partial charge in [0.05, 0.1) is 19.1 Å². The molecule has 4 nitrogen and oxygen atoms in total. The second-order valence-electron chi connectivity index (χ2n) is 8.42. The molecule has 0 amide bonds. The molecule has 0 N–H and O–H groups in total. The second kappa shape index (κ2) is 21.6. The zero-order valence-electron chi connectivity index (χ0n) is 19.6. The van der Waals surface area contributed by atoms with E-state index in [1.807, 2.05) is 6.92 Å². The molecule has 0 rings (SSSR count). The van der Waals surface area contributed by atoms with Gasteiger partial charge in [-0.2, -0.15) is 0 Å². The quantitative estimate of drug-likeness (QED) is 0.146. The van der Waals surface area contributed by atoms with Gasteiger partial charge in [0.25, 0.3) is 0 Å². The highest BCUT2D eigenvalue weighted by Crippen LogP contribution is 2.15. The normalized spacial score (nSPS) is 12.0. The molecule has 0 saturated carbocycles. The molecule has 0 aliphatic heterocycles. The van der Waals surface area contributed by atoms with E-state index in [9.17, 15) is 9.59 Å². The lowest BCUT2D eigenvalue weighted by Gasteiger charge is -2.11. The van der Waals surface area contributed by atoms with E-state index >= 15 is 0 Å². The average Bonchev–Trinajstić information content (AvgIpc) is 2.72. The topological polar surface area (TPSA) is 52.6 Å². The van der Waals surface area contributed by atoms with Crippen molar-refractivity contribution in [1.29, 1.82) is 0 Å².